The number of carboxylic acids is 1. The van der Waals surface area contributed by atoms with Crippen molar-refractivity contribution >= 4 is 21.9 Å². The highest BCUT2D eigenvalue weighted by molar-refractivity contribution is 9.10. The van der Waals surface area contributed by atoms with Crippen LogP contribution in [0.2, 0.25) is 0 Å². The minimum absolute atomic E-state index is 0.117. The van der Waals surface area contributed by atoms with Gasteiger partial charge in [0.2, 0.25) is 0 Å². The molecule has 5 nitrogen and oxygen atoms in total. The van der Waals surface area contributed by atoms with E-state index in [2.05, 4.69) is 28.0 Å². The fourth-order valence-electron chi connectivity index (χ4n) is 1.63. The molecular weight excluding hydrogens is 312 g/mol. The molecule has 0 aliphatic carbocycles. The standard InChI is InChI=1S/C13H13BrN2O3/c1-2-5-16-8-10(7-15-16)19-12-6-9(14)3-4-11(12)13(17)18/h3-4,6-8H,2,5H2,1H3,(H,17,18). The lowest BCUT2D eigenvalue weighted by Gasteiger charge is -2.07. The smallest absolute Gasteiger partial charge is 0.339 e. The fraction of sp³-hybridized carbons (Fsp3) is 0.231. The number of aryl methyl sites for hydroxylation is 1. The van der Waals surface area contributed by atoms with Gasteiger partial charge in [-0.25, -0.2) is 4.79 Å². The summed E-state index contributed by atoms with van der Waals surface area (Å²) in [4.78, 5) is 11.1. The van der Waals surface area contributed by atoms with Gasteiger partial charge in [-0.05, 0) is 24.6 Å². The predicted molar refractivity (Wildman–Crippen MR) is 73.7 cm³/mol. The first kappa shape index (κ1) is 13.6. The van der Waals surface area contributed by atoms with Crippen molar-refractivity contribution in [1.29, 1.82) is 0 Å². The Morgan fingerprint density at radius 1 is 1.53 bits per heavy atom. The summed E-state index contributed by atoms with van der Waals surface area (Å²) in [6.07, 6.45) is 4.29. The van der Waals surface area contributed by atoms with Crippen molar-refractivity contribution in [3.05, 3.63) is 40.6 Å². The Morgan fingerprint density at radius 2 is 2.32 bits per heavy atom. The summed E-state index contributed by atoms with van der Waals surface area (Å²) in [5.74, 6) is -0.213. The van der Waals surface area contributed by atoms with Crippen LogP contribution in [0.3, 0.4) is 0 Å². The number of benzene rings is 1. The maximum atomic E-state index is 11.1. The maximum absolute atomic E-state index is 11.1. The van der Waals surface area contributed by atoms with Crippen molar-refractivity contribution in [3.8, 4) is 11.5 Å². The van der Waals surface area contributed by atoms with E-state index in [-0.39, 0.29) is 11.3 Å². The van der Waals surface area contributed by atoms with Crippen LogP contribution < -0.4 is 4.74 Å². The number of rotatable bonds is 5. The molecule has 0 radical (unpaired) electrons. The first-order valence-corrected chi connectivity index (χ1v) is 6.62. The second kappa shape index (κ2) is 5.88. The van der Waals surface area contributed by atoms with Gasteiger partial charge in [0, 0.05) is 11.0 Å². The van der Waals surface area contributed by atoms with Crippen molar-refractivity contribution in [2.75, 3.05) is 0 Å². The normalized spacial score (nSPS) is 10.4. The third kappa shape index (κ3) is 3.35. The molecule has 2 aromatic rings. The second-order valence-corrected chi connectivity index (χ2v) is 4.90. The van der Waals surface area contributed by atoms with Crippen LogP contribution in [0.25, 0.3) is 0 Å². The van der Waals surface area contributed by atoms with Gasteiger partial charge in [-0.3, -0.25) is 4.68 Å². The Hall–Kier alpha value is -1.82. The molecule has 2 rings (SSSR count). The molecule has 0 aliphatic heterocycles. The zero-order chi connectivity index (χ0) is 13.8. The summed E-state index contributed by atoms with van der Waals surface area (Å²) in [6, 6.07) is 4.79. The first-order valence-electron chi connectivity index (χ1n) is 5.83. The van der Waals surface area contributed by atoms with E-state index >= 15 is 0 Å². The van der Waals surface area contributed by atoms with Crippen LogP contribution in [0.1, 0.15) is 23.7 Å². The number of hydrogen-bond acceptors (Lipinski definition) is 3. The highest BCUT2D eigenvalue weighted by Gasteiger charge is 2.13. The molecule has 0 saturated carbocycles. The Labute approximate surface area is 118 Å². The SMILES string of the molecule is CCCn1cc(Oc2cc(Br)ccc2C(=O)O)cn1. The lowest BCUT2D eigenvalue weighted by atomic mass is 10.2. The summed E-state index contributed by atoms with van der Waals surface area (Å²) in [6.45, 7) is 2.85. The molecule has 0 spiro atoms. The number of aromatic nitrogens is 2. The van der Waals surface area contributed by atoms with Gasteiger partial charge in [-0.15, -0.1) is 0 Å². The number of ether oxygens (including phenoxy) is 1. The lowest BCUT2D eigenvalue weighted by Crippen LogP contribution is -1.99. The van der Waals surface area contributed by atoms with Crippen molar-refractivity contribution < 1.29 is 14.6 Å². The van der Waals surface area contributed by atoms with Crippen LogP contribution >= 0.6 is 15.9 Å². The largest absolute Gasteiger partial charge is 0.478 e. The molecule has 0 fully saturated rings. The van der Waals surface area contributed by atoms with E-state index in [9.17, 15) is 4.79 Å². The average Bonchev–Trinajstić information content (AvgIpc) is 2.77. The molecule has 0 bridgehead atoms. The molecule has 0 unspecified atom stereocenters. The van der Waals surface area contributed by atoms with Crippen LogP contribution in [0.5, 0.6) is 11.5 Å². The zero-order valence-electron chi connectivity index (χ0n) is 10.3. The summed E-state index contributed by atoms with van der Waals surface area (Å²) < 4.78 is 8.10. The van der Waals surface area contributed by atoms with Gasteiger partial charge in [0.05, 0.1) is 12.4 Å². The monoisotopic (exact) mass is 324 g/mol. The van der Waals surface area contributed by atoms with Gasteiger partial charge in [0.15, 0.2) is 5.75 Å². The molecule has 1 heterocycles. The summed E-state index contributed by atoms with van der Waals surface area (Å²) >= 11 is 3.30. The van der Waals surface area contributed by atoms with E-state index in [1.54, 1.807) is 29.2 Å². The molecule has 6 heteroatoms. The first-order chi connectivity index (χ1) is 9.10. The van der Waals surface area contributed by atoms with Gasteiger partial charge in [0.25, 0.3) is 0 Å². The lowest BCUT2D eigenvalue weighted by molar-refractivity contribution is 0.0694. The van der Waals surface area contributed by atoms with Crippen molar-refractivity contribution in [2.45, 2.75) is 19.9 Å². The molecule has 0 aliphatic rings. The maximum Gasteiger partial charge on any atom is 0.339 e. The number of aromatic carboxylic acids is 1. The molecule has 1 aromatic carbocycles. The zero-order valence-corrected chi connectivity index (χ0v) is 11.9. The fourth-order valence-corrected chi connectivity index (χ4v) is 1.97. The van der Waals surface area contributed by atoms with Crippen LogP contribution in [-0.4, -0.2) is 20.9 Å². The van der Waals surface area contributed by atoms with E-state index in [4.69, 9.17) is 9.84 Å². The molecule has 0 atom stereocenters. The number of hydrogen-bond donors (Lipinski definition) is 1. The summed E-state index contributed by atoms with van der Waals surface area (Å²) in [7, 11) is 0. The Morgan fingerprint density at radius 3 is 3.00 bits per heavy atom. The van der Waals surface area contributed by atoms with Crippen LogP contribution in [-0.2, 0) is 6.54 Å². The van der Waals surface area contributed by atoms with Gasteiger partial charge < -0.3 is 9.84 Å². The van der Waals surface area contributed by atoms with Gasteiger partial charge in [-0.1, -0.05) is 22.9 Å². The highest BCUT2D eigenvalue weighted by Crippen LogP contribution is 2.28. The summed E-state index contributed by atoms with van der Waals surface area (Å²) in [5.41, 5.74) is 0.117. The van der Waals surface area contributed by atoms with Gasteiger partial charge >= 0.3 is 5.97 Å². The van der Waals surface area contributed by atoms with Crippen molar-refractivity contribution in [1.82, 2.24) is 9.78 Å². The Kier molecular flexibility index (Phi) is 4.21. The molecule has 100 valence electrons. The average molecular weight is 325 g/mol. The molecule has 0 saturated heterocycles. The molecule has 19 heavy (non-hydrogen) atoms. The Balaban J connectivity index is 2.26. The summed E-state index contributed by atoms with van der Waals surface area (Å²) in [5, 5.41) is 13.2. The number of halogens is 1. The Bertz CT molecular complexity index is 595. The van der Waals surface area contributed by atoms with E-state index in [1.807, 2.05) is 0 Å². The van der Waals surface area contributed by atoms with Crippen LogP contribution in [0, 0.1) is 0 Å². The van der Waals surface area contributed by atoms with Crippen LogP contribution in [0.4, 0.5) is 0 Å². The molecule has 1 N–H and O–H groups in total. The molecular formula is C13H13BrN2O3. The van der Waals surface area contributed by atoms with Crippen molar-refractivity contribution in [2.24, 2.45) is 0 Å². The topological polar surface area (TPSA) is 64.3 Å². The number of carboxylic acid groups (broad SMARTS) is 1. The molecule has 1 aromatic heterocycles. The van der Waals surface area contributed by atoms with Gasteiger partial charge in [0.1, 0.15) is 11.3 Å². The molecule has 0 amide bonds. The van der Waals surface area contributed by atoms with E-state index in [0.29, 0.717) is 5.75 Å². The second-order valence-electron chi connectivity index (χ2n) is 3.99. The van der Waals surface area contributed by atoms with Crippen LogP contribution in [0.15, 0.2) is 35.1 Å². The highest BCUT2D eigenvalue weighted by atomic mass is 79.9. The van der Waals surface area contributed by atoms with Gasteiger partial charge in [-0.2, -0.15) is 5.10 Å². The minimum Gasteiger partial charge on any atom is -0.478 e. The van der Waals surface area contributed by atoms with E-state index in [0.717, 1.165) is 17.4 Å². The number of carbonyl (C=O) groups is 1. The number of nitrogens with zero attached hydrogens (tertiary/aromatic N) is 2. The van der Waals surface area contributed by atoms with Crippen molar-refractivity contribution in [3.63, 3.8) is 0 Å². The van der Waals surface area contributed by atoms with E-state index < -0.39 is 5.97 Å². The predicted octanol–water partition coefficient (Wildman–Crippen LogP) is 3.55. The minimum atomic E-state index is -1.02. The third-order valence-corrected chi connectivity index (χ3v) is 2.96. The van der Waals surface area contributed by atoms with E-state index in [1.165, 1.54) is 6.07 Å². The quantitative estimate of drug-likeness (QED) is 0.913. The third-order valence-electron chi connectivity index (χ3n) is 2.46.